The van der Waals surface area contributed by atoms with Gasteiger partial charge in [0.25, 0.3) is 0 Å². The summed E-state index contributed by atoms with van der Waals surface area (Å²) in [4.78, 5) is 11.0. The molecule has 3 nitrogen and oxygen atoms in total. The van der Waals surface area contributed by atoms with E-state index in [1.807, 2.05) is 41.6 Å². The van der Waals surface area contributed by atoms with E-state index in [0.717, 1.165) is 11.3 Å². The normalized spacial score (nSPS) is 12.1. The molecule has 0 aliphatic rings. The van der Waals surface area contributed by atoms with Gasteiger partial charge >= 0.3 is 0 Å². The summed E-state index contributed by atoms with van der Waals surface area (Å²) in [6, 6.07) is 12.1. The highest BCUT2D eigenvalue weighted by molar-refractivity contribution is 7.14. The number of hydrogen-bond donors (Lipinski definition) is 1. The largest absolute Gasteiger partial charge is 0.301 e. The number of thiophene rings is 1. The summed E-state index contributed by atoms with van der Waals surface area (Å²) in [5.74, 6) is 0. The molecule has 2 aromatic rings. The van der Waals surface area contributed by atoms with Crippen LogP contribution in [0.5, 0.6) is 0 Å². The smallest absolute Gasteiger partial charge is 0.143 e. The van der Waals surface area contributed by atoms with Gasteiger partial charge in [0.1, 0.15) is 11.3 Å². The first kappa shape index (κ1) is 13.8. The zero-order valence-corrected chi connectivity index (χ0v) is 12.0. The molecule has 0 aliphatic carbocycles. The molecule has 19 heavy (non-hydrogen) atoms. The van der Waals surface area contributed by atoms with Gasteiger partial charge in [-0.25, -0.2) is 5.43 Å². The van der Waals surface area contributed by atoms with E-state index in [9.17, 15) is 4.79 Å². The maximum Gasteiger partial charge on any atom is 0.143 e. The van der Waals surface area contributed by atoms with E-state index < -0.39 is 0 Å². The molecule has 2 rings (SSSR count). The fraction of sp³-hybridized carbons (Fsp3) is 0.267. The van der Waals surface area contributed by atoms with Crippen LogP contribution in [0.2, 0.25) is 0 Å². The monoisotopic (exact) mass is 274 g/mol. The van der Waals surface area contributed by atoms with Gasteiger partial charge in [0.15, 0.2) is 0 Å². The molecule has 1 atom stereocenters. The van der Waals surface area contributed by atoms with Crippen molar-refractivity contribution in [2.45, 2.75) is 26.4 Å². The SMILES string of the molecule is Cc1ccccc1CNN(c1cccs1)[C@@H](C)C=O. The zero-order valence-electron chi connectivity index (χ0n) is 11.2. The number of hydrazine groups is 1. The average molecular weight is 274 g/mol. The second kappa shape index (κ2) is 6.50. The highest BCUT2D eigenvalue weighted by Gasteiger charge is 2.14. The fourth-order valence-corrected chi connectivity index (χ4v) is 2.67. The summed E-state index contributed by atoms with van der Waals surface area (Å²) in [6.07, 6.45) is 0.949. The summed E-state index contributed by atoms with van der Waals surface area (Å²) in [7, 11) is 0. The van der Waals surface area contributed by atoms with Crippen LogP contribution >= 0.6 is 11.3 Å². The average Bonchev–Trinajstić information content (AvgIpc) is 2.94. The van der Waals surface area contributed by atoms with Crippen molar-refractivity contribution >= 4 is 22.6 Å². The number of anilines is 1. The fourth-order valence-electron chi connectivity index (χ4n) is 1.87. The molecular weight excluding hydrogens is 256 g/mol. The van der Waals surface area contributed by atoms with Gasteiger partial charge in [-0.1, -0.05) is 24.3 Å². The highest BCUT2D eigenvalue weighted by Crippen LogP contribution is 2.21. The molecule has 0 radical (unpaired) electrons. The number of carbonyl (C=O) groups excluding carboxylic acids is 1. The van der Waals surface area contributed by atoms with E-state index in [-0.39, 0.29) is 6.04 Å². The molecule has 0 bridgehead atoms. The van der Waals surface area contributed by atoms with Crippen molar-refractivity contribution < 1.29 is 4.79 Å². The minimum atomic E-state index is -0.192. The second-order valence-electron chi connectivity index (χ2n) is 4.46. The van der Waals surface area contributed by atoms with Crippen LogP contribution in [0.3, 0.4) is 0 Å². The van der Waals surface area contributed by atoms with Crippen molar-refractivity contribution in [2.24, 2.45) is 0 Å². The van der Waals surface area contributed by atoms with E-state index >= 15 is 0 Å². The van der Waals surface area contributed by atoms with Gasteiger partial charge in [-0.3, -0.25) is 5.01 Å². The third kappa shape index (κ3) is 3.43. The van der Waals surface area contributed by atoms with E-state index in [2.05, 4.69) is 24.5 Å². The van der Waals surface area contributed by atoms with Crippen molar-refractivity contribution in [3.8, 4) is 0 Å². The Labute approximate surface area is 117 Å². The van der Waals surface area contributed by atoms with E-state index in [0.29, 0.717) is 6.54 Å². The molecular formula is C15H18N2OS. The highest BCUT2D eigenvalue weighted by atomic mass is 32.1. The van der Waals surface area contributed by atoms with Gasteiger partial charge < -0.3 is 4.79 Å². The third-order valence-corrected chi connectivity index (χ3v) is 3.92. The number of benzene rings is 1. The van der Waals surface area contributed by atoms with Crippen LogP contribution in [0.15, 0.2) is 41.8 Å². The summed E-state index contributed by atoms with van der Waals surface area (Å²) in [6.45, 7) is 4.69. The van der Waals surface area contributed by atoms with Crippen LogP contribution in [0.1, 0.15) is 18.1 Å². The van der Waals surface area contributed by atoms with Gasteiger partial charge in [-0.15, -0.1) is 11.3 Å². The number of nitrogens with zero attached hydrogens (tertiary/aromatic N) is 1. The molecule has 100 valence electrons. The van der Waals surface area contributed by atoms with Crippen LogP contribution in [0.25, 0.3) is 0 Å². The minimum Gasteiger partial charge on any atom is -0.301 e. The summed E-state index contributed by atoms with van der Waals surface area (Å²) in [5, 5.41) is 4.98. The summed E-state index contributed by atoms with van der Waals surface area (Å²) in [5.41, 5.74) is 5.83. The summed E-state index contributed by atoms with van der Waals surface area (Å²) >= 11 is 1.62. The molecule has 1 aromatic carbocycles. The Morgan fingerprint density at radius 2 is 2.11 bits per heavy atom. The Morgan fingerprint density at radius 1 is 1.32 bits per heavy atom. The lowest BCUT2D eigenvalue weighted by molar-refractivity contribution is -0.108. The van der Waals surface area contributed by atoms with Gasteiger partial charge in [0.05, 0.1) is 6.04 Å². The molecule has 0 spiro atoms. The van der Waals surface area contributed by atoms with Gasteiger partial charge in [-0.05, 0) is 42.5 Å². The molecule has 1 heterocycles. The molecule has 0 saturated carbocycles. The Hall–Kier alpha value is -1.65. The van der Waals surface area contributed by atoms with Gasteiger partial charge in [-0.2, -0.15) is 0 Å². The number of nitrogens with one attached hydrogen (secondary N) is 1. The molecule has 0 unspecified atom stereocenters. The van der Waals surface area contributed by atoms with Crippen LogP contribution in [-0.2, 0) is 11.3 Å². The predicted molar refractivity (Wildman–Crippen MR) is 80.3 cm³/mol. The Bertz CT molecular complexity index is 525. The van der Waals surface area contributed by atoms with Crippen LogP contribution in [0, 0.1) is 6.92 Å². The number of carbonyl (C=O) groups is 1. The van der Waals surface area contributed by atoms with E-state index in [1.165, 1.54) is 11.1 Å². The third-order valence-electron chi connectivity index (χ3n) is 3.05. The lowest BCUT2D eigenvalue weighted by atomic mass is 10.1. The van der Waals surface area contributed by atoms with Crippen molar-refractivity contribution in [1.82, 2.24) is 5.43 Å². The quantitative estimate of drug-likeness (QED) is 0.649. The number of hydrogen-bond acceptors (Lipinski definition) is 4. The molecule has 0 fully saturated rings. The first-order valence-electron chi connectivity index (χ1n) is 6.28. The van der Waals surface area contributed by atoms with E-state index in [4.69, 9.17) is 0 Å². The molecule has 4 heteroatoms. The standard InChI is InChI=1S/C15H18N2OS/c1-12-6-3-4-7-14(12)10-16-17(13(2)11-18)15-8-5-9-19-15/h3-9,11,13,16H,10H2,1-2H3/t13-/m0/s1. The van der Waals surface area contributed by atoms with Crippen molar-refractivity contribution in [2.75, 3.05) is 5.01 Å². The van der Waals surface area contributed by atoms with Gasteiger partial charge in [0, 0.05) is 6.54 Å². The van der Waals surface area contributed by atoms with Crippen LogP contribution in [-0.4, -0.2) is 12.3 Å². The topological polar surface area (TPSA) is 32.3 Å². The molecule has 0 saturated heterocycles. The zero-order chi connectivity index (χ0) is 13.7. The maximum atomic E-state index is 11.0. The van der Waals surface area contributed by atoms with Crippen LogP contribution in [0.4, 0.5) is 5.00 Å². The van der Waals surface area contributed by atoms with Crippen molar-refractivity contribution in [3.63, 3.8) is 0 Å². The Morgan fingerprint density at radius 3 is 2.74 bits per heavy atom. The molecule has 1 N–H and O–H groups in total. The molecule has 0 amide bonds. The lowest BCUT2D eigenvalue weighted by Crippen LogP contribution is -2.44. The predicted octanol–water partition coefficient (Wildman–Crippen LogP) is 3.16. The lowest BCUT2D eigenvalue weighted by Gasteiger charge is -2.27. The Kier molecular flexibility index (Phi) is 4.71. The van der Waals surface area contributed by atoms with Gasteiger partial charge in [0.2, 0.25) is 0 Å². The first-order valence-corrected chi connectivity index (χ1v) is 7.16. The number of aryl methyl sites for hydroxylation is 1. The van der Waals surface area contributed by atoms with Crippen LogP contribution < -0.4 is 10.4 Å². The first-order chi connectivity index (χ1) is 9.22. The molecule has 0 aliphatic heterocycles. The second-order valence-corrected chi connectivity index (χ2v) is 5.39. The molecule has 1 aromatic heterocycles. The summed E-state index contributed by atoms with van der Waals surface area (Å²) < 4.78 is 0. The number of aldehydes is 1. The van der Waals surface area contributed by atoms with E-state index in [1.54, 1.807) is 11.3 Å². The van der Waals surface area contributed by atoms with Crippen molar-refractivity contribution in [1.29, 1.82) is 0 Å². The Balaban J connectivity index is 2.09. The maximum absolute atomic E-state index is 11.0. The number of rotatable bonds is 6. The minimum absolute atomic E-state index is 0.192. The van der Waals surface area contributed by atoms with Crippen molar-refractivity contribution in [3.05, 3.63) is 52.9 Å².